The maximum Gasteiger partial charge on any atom is 0.287 e. The lowest BCUT2D eigenvalue weighted by Gasteiger charge is -2.25. The van der Waals surface area contributed by atoms with E-state index in [1.54, 1.807) is 24.5 Å². The highest BCUT2D eigenvalue weighted by atomic mass is 35.5. The summed E-state index contributed by atoms with van der Waals surface area (Å²) in [5.74, 6) is 0. The van der Waals surface area contributed by atoms with Crippen molar-refractivity contribution >= 4 is 40.0 Å². The van der Waals surface area contributed by atoms with Crippen LogP contribution in [0.4, 0.5) is 10.5 Å². The molecule has 3 heterocycles. The molecule has 29 heavy (non-hydrogen) atoms. The zero-order valence-corrected chi connectivity index (χ0v) is 17.3. The van der Waals surface area contributed by atoms with Crippen LogP contribution in [0.5, 0.6) is 0 Å². The van der Waals surface area contributed by atoms with Crippen LogP contribution in [0.1, 0.15) is 5.56 Å². The van der Waals surface area contributed by atoms with Crippen molar-refractivity contribution in [2.24, 2.45) is 0 Å². The van der Waals surface area contributed by atoms with Crippen LogP contribution < -0.4 is 21.3 Å². The van der Waals surface area contributed by atoms with Gasteiger partial charge in [0.05, 0.1) is 35.6 Å². The summed E-state index contributed by atoms with van der Waals surface area (Å²) in [4.78, 5) is 18.6. The molecule has 1 atom stereocenters. The van der Waals surface area contributed by atoms with Gasteiger partial charge in [-0.05, 0) is 54.7 Å². The Balaban J connectivity index is 1.52. The number of nitrogens with zero attached hydrogens (tertiary/aromatic N) is 2. The Morgan fingerprint density at radius 3 is 2.72 bits per heavy atom. The minimum atomic E-state index is -0.310. The first-order valence-corrected chi connectivity index (χ1v) is 10.4. The van der Waals surface area contributed by atoms with Crippen LogP contribution in [0, 0.1) is 0 Å². The quantitative estimate of drug-likeness (QED) is 0.595. The lowest BCUT2D eigenvalue weighted by atomic mass is 10.1. The first-order chi connectivity index (χ1) is 14.1. The molecule has 0 radical (unpaired) electrons. The molecule has 0 fully saturated rings. The predicted octanol–water partition coefficient (Wildman–Crippen LogP) is 3.22. The number of carbonyl (C=O) groups excluding carboxylic acids is 1. The minimum absolute atomic E-state index is 0.176. The second-order valence-electron chi connectivity index (χ2n) is 6.69. The molecule has 7 nitrogen and oxygen atoms in total. The molecule has 1 amide bonds. The van der Waals surface area contributed by atoms with E-state index in [2.05, 4.69) is 44.3 Å². The van der Waals surface area contributed by atoms with E-state index >= 15 is 0 Å². The van der Waals surface area contributed by atoms with Crippen molar-refractivity contribution in [3.05, 3.63) is 76.8 Å². The molecule has 4 N–H and O–H groups in total. The topological polar surface area (TPSA) is 81.3 Å². The van der Waals surface area contributed by atoms with Gasteiger partial charge >= 0.3 is 0 Å². The van der Waals surface area contributed by atoms with Gasteiger partial charge in [0.15, 0.2) is 5.50 Å². The number of hydrogen-bond donors (Lipinski definition) is 4. The van der Waals surface area contributed by atoms with E-state index in [0.717, 1.165) is 47.6 Å². The summed E-state index contributed by atoms with van der Waals surface area (Å²) in [6.07, 6.45) is 5.41. The summed E-state index contributed by atoms with van der Waals surface area (Å²) in [5.41, 5.74) is 4.22. The normalized spacial score (nSPS) is 19.1. The van der Waals surface area contributed by atoms with Crippen LogP contribution in [0.25, 0.3) is 5.70 Å². The molecule has 4 rings (SSSR count). The minimum Gasteiger partial charge on any atom is -0.371 e. The Hall–Kier alpha value is -2.68. The molecule has 150 valence electrons. The van der Waals surface area contributed by atoms with Gasteiger partial charge in [-0.3, -0.25) is 14.7 Å². The number of pyridine rings is 1. The zero-order valence-electron chi connectivity index (χ0n) is 15.8. The monoisotopic (exact) mass is 428 g/mol. The first kappa shape index (κ1) is 19.6. The molecule has 1 unspecified atom stereocenters. The van der Waals surface area contributed by atoms with Crippen LogP contribution in [0.15, 0.2) is 66.3 Å². The Morgan fingerprint density at radius 2 is 2.03 bits per heavy atom. The summed E-state index contributed by atoms with van der Waals surface area (Å²) < 4.78 is 0. The van der Waals surface area contributed by atoms with Crippen LogP contribution in [-0.4, -0.2) is 40.9 Å². The van der Waals surface area contributed by atoms with E-state index in [1.165, 1.54) is 0 Å². The number of likely N-dealkylation sites (N-methyl/N-ethyl adjacent to an activating group) is 1. The molecule has 0 saturated carbocycles. The number of anilines is 1. The van der Waals surface area contributed by atoms with Crippen molar-refractivity contribution in [3.8, 4) is 0 Å². The largest absolute Gasteiger partial charge is 0.371 e. The average Bonchev–Trinajstić information content (AvgIpc) is 3.13. The molecule has 0 spiro atoms. The number of benzene rings is 1. The van der Waals surface area contributed by atoms with Gasteiger partial charge in [-0.15, -0.1) is 0 Å². The third-order valence-electron chi connectivity index (χ3n) is 4.48. The van der Waals surface area contributed by atoms with Gasteiger partial charge in [-0.1, -0.05) is 23.7 Å². The van der Waals surface area contributed by atoms with Crippen molar-refractivity contribution < 1.29 is 4.79 Å². The Kier molecular flexibility index (Phi) is 5.94. The predicted molar refractivity (Wildman–Crippen MR) is 118 cm³/mol. The highest BCUT2D eigenvalue weighted by Crippen LogP contribution is 2.29. The van der Waals surface area contributed by atoms with Crippen molar-refractivity contribution in [2.45, 2.75) is 5.50 Å². The Morgan fingerprint density at radius 1 is 1.24 bits per heavy atom. The molecule has 0 bridgehead atoms. The number of rotatable bonds is 4. The Bertz CT molecular complexity index is 947. The zero-order chi connectivity index (χ0) is 20.2. The molecule has 0 aliphatic carbocycles. The standard InChI is InChI=1S/C20H21ClN6OS/c1-27-10-8-16(23-12-27)18-17(13-4-6-14(21)7-5-13)25-19(26-18)29-20(28)24-15-3-2-9-22-11-15/h2-9,11,19,23,25-26H,10,12H2,1H3,(H,24,28). The van der Waals surface area contributed by atoms with Crippen molar-refractivity contribution in [3.63, 3.8) is 0 Å². The number of thioether (sulfide) groups is 1. The molecule has 2 aliphatic heterocycles. The lowest BCUT2D eigenvalue weighted by molar-refractivity contribution is 0.269. The first-order valence-electron chi connectivity index (χ1n) is 9.12. The highest BCUT2D eigenvalue weighted by molar-refractivity contribution is 8.14. The summed E-state index contributed by atoms with van der Waals surface area (Å²) in [6.45, 7) is 1.60. The maximum atomic E-state index is 12.5. The van der Waals surface area contributed by atoms with E-state index in [1.807, 2.05) is 24.3 Å². The van der Waals surface area contributed by atoms with Gasteiger partial charge in [-0.25, -0.2) is 0 Å². The van der Waals surface area contributed by atoms with E-state index in [0.29, 0.717) is 10.7 Å². The lowest BCUT2D eigenvalue weighted by Crippen LogP contribution is -2.38. The Labute approximate surface area is 178 Å². The summed E-state index contributed by atoms with van der Waals surface area (Å²) >= 11 is 7.19. The smallest absolute Gasteiger partial charge is 0.287 e. The molecule has 2 aromatic rings. The van der Waals surface area contributed by atoms with E-state index in [-0.39, 0.29) is 10.7 Å². The van der Waals surface area contributed by atoms with Crippen LogP contribution in [0.3, 0.4) is 0 Å². The number of halogens is 1. The highest BCUT2D eigenvalue weighted by Gasteiger charge is 2.29. The molecule has 1 aromatic carbocycles. The van der Waals surface area contributed by atoms with Gasteiger partial charge in [-0.2, -0.15) is 0 Å². The average molecular weight is 429 g/mol. The summed E-state index contributed by atoms with van der Waals surface area (Å²) in [7, 11) is 2.05. The number of hydrogen-bond acceptors (Lipinski definition) is 7. The fraction of sp³-hybridized carbons (Fsp3) is 0.200. The van der Waals surface area contributed by atoms with Crippen molar-refractivity contribution in [1.29, 1.82) is 0 Å². The fourth-order valence-corrected chi connectivity index (χ4v) is 3.91. The second-order valence-corrected chi connectivity index (χ2v) is 8.20. The molecule has 0 saturated heterocycles. The second kappa shape index (κ2) is 8.77. The van der Waals surface area contributed by atoms with Crippen LogP contribution in [0.2, 0.25) is 5.02 Å². The number of amides is 1. The number of aromatic nitrogens is 1. The van der Waals surface area contributed by atoms with Crippen LogP contribution in [-0.2, 0) is 0 Å². The van der Waals surface area contributed by atoms with Gasteiger partial charge < -0.3 is 21.3 Å². The summed E-state index contributed by atoms with van der Waals surface area (Å²) in [5, 5.41) is 13.6. The number of nitrogens with one attached hydrogen (secondary N) is 4. The van der Waals surface area contributed by atoms with Gasteiger partial charge in [0.1, 0.15) is 0 Å². The molecule has 2 aliphatic rings. The SMILES string of the molecule is CN1CC=C(C2=C(c3ccc(Cl)cc3)NC(SC(=O)Nc3cccnc3)N2)NC1. The fourth-order valence-electron chi connectivity index (χ4n) is 3.04. The van der Waals surface area contributed by atoms with Gasteiger partial charge in [0.25, 0.3) is 5.24 Å². The number of carbonyl (C=O) groups is 1. The van der Waals surface area contributed by atoms with Crippen molar-refractivity contribution in [2.75, 3.05) is 25.6 Å². The van der Waals surface area contributed by atoms with E-state index in [4.69, 9.17) is 11.6 Å². The maximum absolute atomic E-state index is 12.5. The van der Waals surface area contributed by atoms with Gasteiger partial charge in [0, 0.05) is 17.8 Å². The van der Waals surface area contributed by atoms with Crippen molar-refractivity contribution in [1.82, 2.24) is 25.8 Å². The molecule has 1 aromatic heterocycles. The molecular weight excluding hydrogens is 408 g/mol. The molecule has 9 heteroatoms. The summed E-state index contributed by atoms with van der Waals surface area (Å²) in [6, 6.07) is 11.2. The molecular formula is C20H21ClN6OS. The van der Waals surface area contributed by atoms with Crippen LogP contribution >= 0.6 is 23.4 Å². The van der Waals surface area contributed by atoms with E-state index in [9.17, 15) is 4.79 Å². The third kappa shape index (κ3) is 4.84. The van der Waals surface area contributed by atoms with Gasteiger partial charge in [0.2, 0.25) is 0 Å². The third-order valence-corrected chi connectivity index (χ3v) is 5.52. The van der Waals surface area contributed by atoms with E-state index < -0.39 is 0 Å².